The van der Waals surface area contributed by atoms with Crippen molar-refractivity contribution in [2.24, 2.45) is 0 Å². The van der Waals surface area contributed by atoms with E-state index in [0.29, 0.717) is 23.5 Å². The Labute approximate surface area is 140 Å². The second-order valence-electron chi connectivity index (χ2n) is 6.28. The number of Topliss-reactive ketones (excluding diaryl/α,β-unsaturated/α-hetero) is 1. The number of anilines is 1. The average Bonchev–Trinajstić information content (AvgIpc) is 2.62. The second-order valence-corrected chi connectivity index (χ2v) is 6.28. The molecule has 3 heterocycles. The van der Waals surface area contributed by atoms with E-state index < -0.39 is 5.60 Å². The summed E-state index contributed by atoms with van der Waals surface area (Å²) >= 11 is 0. The lowest BCUT2D eigenvalue weighted by Gasteiger charge is -2.43. The zero-order valence-corrected chi connectivity index (χ0v) is 13.6. The van der Waals surface area contributed by atoms with Crippen LogP contribution in [0.3, 0.4) is 0 Å². The average molecular weight is 325 g/mol. The summed E-state index contributed by atoms with van der Waals surface area (Å²) in [5.41, 5.74) is 0.220. The zero-order valence-electron chi connectivity index (χ0n) is 13.6. The van der Waals surface area contributed by atoms with E-state index in [1.807, 2.05) is 6.07 Å². The number of aromatic nitrogens is 2. The molecular weight excluding hydrogens is 306 g/mol. The maximum atomic E-state index is 12.6. The molecule has 4 rings (SSSR count). The molecule has 2 aliphatic rings. The molecule has 24 heavy (non-hydrogen) atoms. The Morgan fingerprint density at radius 3 is 2.67 bits per heavy atom. The van der Waals surface area contributed by atoms with E-state index in [9.17, 15) is 4.79 Å². The van der Waals surface area contributed by atoms with E-state index in [1.165, 1.54) is 0 Å². The summed E-state index contributed by atoms with van der Waals surface area (Å²) in [6.45, 7) is 1.55. The van der Waals surface area contributed by atoms with Crippen LogP contribution in [0, 0.1) is 0 Å². The number of piperidine rings is 1. The van der Waals surface area contributed by atoms with Gasteiger partial charge in [-0.3, -0.25) is 4.79 Å². The molecule has 1 aromatic carbocycles. The molecule has 1 aromatic heterocycles. The smallest absolute Gasteiger partial charge is 0.225 e. The number of carbonyl (C=O) groups is 1. The van der Waals surface area contributed by atoms with Gasteiger partial charge in [-0.15, -0.1) is 0 Å². The minimum Gasteiger partial charge on any atom is -0.497 e. The summed E-state index contributed by atoms with van der Waals surface area (Å²) < 4.78 is 11.5. The van der Waals surface area contributed by atoms with Crippen molar-refractivity contribution in [1.82, 2.24) is 9.97 Å². The Bertz CT molecular complexity index is 755. The largest absolute Gasteiger partial charge is 0.497 e. The molecule has 6 heteroatoms. The molecule has 0 saturated carbocycles. The minimum atomic E-state index is -0.429. The summed E-state index contributed by atoms with van der Waals surface area (Å²) in [6, 6.07) is 7.20. The van der Waals surface area contributed by atoms with Crippen LogP contribution in [0.2, 0.25) is 0 Å². The van der Waals surface area contributed by atoms with Crippen LogP contribution in [0.5, 0.6) is 11.5 Å². The van der Waals surface area contributed by atoms with Gasteiger partial charge in [0.1, 0.15) is 17.1 Å². The Hall–Kier alpha value is -2.63. The summed E-state index contributed by atoms with van der Waals surface area (Å²) in [5, 5.41) is 0. The van der Waals surface area contributed by atoms with E-state index in [4.69, 9.17) is 9.47 Å². The lowest BCUT2D eigenvalue weighted by Crippen LogP contribution is -2.51. The number of ether oxygens (including phenoxy) is 2. The maximum Gasteiger partial charge on any atom is 0.225 e. The maximum absolute atomic E-state index is 12.6. The van der Waals surface area contributed by atoms with Gasteiger partial charge >= 0.3 is 0 Å². The minimum absolute atomic E-state index is 0.142. The van der Waals surface area contributed by atoms with Crippen molar-refractivity contribution < 1.29 is 14.3 Å². The van der Waals surface area contributed by atoms with Crippen LogP contribution in [0.15, 0.2) is 36.7 Å². The number of nitrogens with zero attached hydrogens (tertiary/aromatic N) is 3. The molecule has 0 unspecified atom stereocenters. The number of ketones is 1. The van der Waals surface area contributed by atoms with Gasteiger partial charge in [-0.2, -0.15) is 0 Å². The van der Waals surface area contributed by atoms with Crippen molar-refractivity contribution in [3.8, 4) is 11.5 Å². The van der Waals surface area contributed by atoms with Crippen molar-refractivity contribution in [2.45, 2.75) is 24.9 Å². The summed E-state index contributed by atoms with van der Waals surface area (Å²) in [6.07, 6.45) is 5.46. The van der Waals surface area contributed by atoms with Gasteiger partial charge in [0.05, 0.1) is 19.1 Å². The van der Waals surface area contributed by atoms with Gasteiger partial charge in [0.25, 0.3) is 0 Å². The highest BCUT2D eigenvalue weighted by Gasteiger charge is 2.43. The number of fused-ring (bicyclic) bond motifs is 1. The number of methoxy groups -OCH3 is 1. The highest BCUT2D eigenvalue weighted by molar-refractivity contribution is 6.00. The first kappa shape index (κ1) is 14.9. The lowest BCUT2D eigenvalue weighted by atomic mass is 9.82. The molecule has 6 nitrogen and oxygen atoms in total. The molecule has 0 bridgehead atoms. The molecule has 0 N–H and O–H groups in total. The molecule has 0 atom stereocenters. The topological polar surface area (TPSA) is 64.6 Å². The number of hydrogen-bond donors (Lipinski definition) is 0. The van der Waals surface area contributed by atoms with Crippen molar-refractivity contribution in [2.75, 3.05) is 25.1 Å². The number of carbonyl (C=O) groups excluding carboxylic acids is 1. The van der Waals surface area contributed by atoms with E-state index in [0.717, 1.165) is 31.9 Å². The fourth-order valence-electron chi connectivity index (χ4n) is 3.45. The van der Waals surface area contributed by atoms with E-state index >= 15 is 0 Å². The SMILES string of the molecule is COc1ccc2c(c1)OC1(CCN(c3ncccn3)CC1)CC2=O. The van der Waals surface area contributed by atoms with Crippen LogP contribution in [0.4, 0.5) is 5.95 Å². The highest BCUT2D eigenvalue weighted by atomic mass is 16.5. The molecule has 1 fully saturated rings. The first-order valence-electron chi connectivity index (χ1n) is 8.11. The Balaban J connectivity index is 1.54. The van der Waals surface area contributed by atoms with Crippen molar-refractivity contribution in [3.05, 3.63) is 42.2 Å². The van der Waals surface area contributed by atoms with Gasteiger partial charge in [-0.05, 0) is 18.2 Å². The lowest BCUT2D eigenvalue weighted by molar-refractivity contribution is 0.0228. The molecule has 0 radical (unpaired) electrons. The highest BCUT2D eigenvalue weighted by Crippen LogP contribution is 2.41. The quantitative estimate of drug-likeness (QED) is 0.845. The predicted molar refractivity (Wildman–Crippen MR) is 88.8 cm³/mol. The van der Waals surface area contributed by atoms with Crippen LogP contribution >= 0.6 is 0 Å². The third-order valence-electron chi connectivity index (χ3n) is 4.81. The molecule has 124 valence electrons. The van der Waals surface area contributed by atoms with Crippen LogP contribution in [0.25, 0.3) is 0 Å². The predicted octanol–water partition coefficient (Wildman–Crippen LogP) is 2.49. The summed E-state index contributed by atoms with van der Waals surface area (Å²) in [4.78, 5) is 23.3. The van der Waals surface area contributed by atoms with E-state index in [2.05, 4.69) is 14.9 Å². The fourth-order valence-corrected chi connectivity index (χ4v) is 3.45. The summed E-state index contributed by atoms with van der Waals surface area (Å²) in [7, 11) is 1.61. The third-order valence-corrected chi connectivity index (χ3v) is 4.81. The van der Waals surface area contributed by atoms with Crippen molar-refractivity contribution >= 4 is 11.7 Å². The molecular formula is C18H19N3O3. The first-order chi connectivity index (χ1) is 11.7. The second kappa shape index (κ2) is 5.78. The van der Waals surface area contributed by atoms with Crippen molar-refractivity contribution in [3.63, 3.8) is 0 Å². The Kier molecular flexibility index (Phi) is 3.59. The molecule has 1 spiro atoms. The van der Waals surface area contributed by atoms with Crippen LogP contribution in [0.1, 0.15) is 29.6 Å². The van der Waals surface area contributed by atoms with Crippen LogP contribution in [-0.2, 0) is 0 Å². The van der Waals surface area contributed by atoms with E-state index in [1.54, 1.807) is 37.7 Å². The van der Waals surface area contributed by atoms with Gasteiger partial charge in [-0.25, -0.2) is 9.97 Å². The number of rotatable bonds is 2. The fraction of sp³-hybridized carbons (Fsp3) is 0.389. The monoisotopic (exact) mass is 325 g/mol. The number of benzene rings is 1. The molecule has 2 aliphatic heterocycles. The van der Waals surface area contributed by atoms with Gasteiger partial charge in [0.15, 0.2) is 5.78 Å². The molecule has 0 aliphatic carbocycles. The van der Waals surface area contributed by atoms with Crippen LogP contribution in [-0.4, -0.2) is 41.6 Å². The Morgan fingerprint density at radius 1 is 1.21 bits per heavy atom. The van der Waals surface area contributed by atoms with Crippen molar-refractivity contribution in [1.29, 1.82) is 0 Å². The third kappa shape index (κ3) is 2.58. The standard InChI is InChI=1S/C18H19N3O3/c1-23-13-3-4-14-15(22)12-18(24-16(14)11-13)5-9-21(10-6-18)17-19-7-2-8-20-17/h2-4,7-8,11H,5-6,9-10,12H2,1H3. The van der Waals surface area contributed by atoms with Gasteiger partial charge in [0.2, 0.25) is 5.95 Å². The van der Waals surface area contributed by atoms with Gasteiger partial charge < -0.3 is 14.4 Å². The Morgan fingerprint density at radius 2 is 1.96 bits per heavy atom. The normalized spacial score (nSPS) is 18.9. The van der Waals surface area contributed by atoms with Crippen LogP contribution < -0.4 is 14.4 Å². The zero-order chi connectivity index (χ0) is 16.6. The van der Waals surface area contributed by atoms with E-state index in [-0.39, 0.29) is 5.78 Å². The van der Waals surface area contributed by atoms with Gasteiger partial charge in [0, 0.05) is 44.4 Å². The molecule has 1 saturated heterocycles. The molecule has 0 amide bonds. The summed E-state index contributed by atoms with van der Waals surface area (Å²) in [5.74, 6) is 2.21. The number of hydrogen-bond acceptors (Lipinski definition) is 6. The van der Waals surface area contributed by atoms with Gasteiger partial charge in [-0.1, -0.05) is 0 Å². The first-order valence-corrected chi connectivity index (χ1v) is 8.11. The molecule has 2 aromatic rings.